The number of hydrogen-bond acceptors (Lipinski definition) is 5. The third-order valence-corrected chi connectivity index (χ3v) is 7.37. The SMILES string of the molecule is O=C(COc1ccc(S(=O)(=O)N2CCc3ccccc3C2)cc1Cl)NCc1ccncc1. The van der Waals surface area contributed by atoms with Gasteiger partial charge in [-0.2, -0.15) is 4.31 Å². The van der Waals surface area contributed by atoms with Crippen LogP contribution in [-0.2, 0) is 34.3 Å². The van der Waals surface area contributed by atoms with Crippen LogP contribution in [-0.4, -0.2) is 36.8 Å². The zero-order valence-corrected chi connectivity index (χ0v) is 18.8. The minimum atomic E-state index is -3.71. The maximum Gasteiger partial charge on any atom is 0.258 e. The third kappa shape index (κ3) is 5.09. The molecule has 0 saturated heterocycles. The van der Waals surface area contributed by atoms with E-state index in [4.69, 9.17) is 16.3 Å². The maximum atomic E-state index is 13.1. The van der Waals surface area contributed by atoms with Gasteiger partial charge in [0.05, 0.1) is 9.92 Å². The largest absolute Gasteiger partial charge is 0.482 e. The number of amides is 1. The van der Waals surface area contributed by atoms with E-state index in [1.54, 1.807) is 24.5 Å². The summed E-state index contributed by atoms with van der Waals surface area (Å²) in [6.45, 7) is 0.854. The second-order valence-corrected chi connectivity index (χ2v) is 9.72. The summed E-state index contributed by atoms with van der Waals surface area (Å²) in [6.07, 6.45) is 3.96. The van der Waals surface area contributed by atoms with Gasteiger partial charge in [0, 0.05) is 32.0 Å². The predicted octanol–water partition coefficient (Wildman–Crippen LogP) is 3.18. The van der Waals surface area contributed by atoms with Crippen LogP contribution in [0.3, 0.4) is 0 Å². The lowest BCUT2D eigenvalue weighted by molar-refractivity contribution is -0.123. The number of ether oxygens (including phenoxy) is 1. The molecular weight excluding hydrogens is 450 g/mol. The Morgan fingerprint density at radius 3 is 2.59 bits per heavy atom. The van der Waals surface area contributed by atoms with Gasteiger partial charge in [0.1, 0.15) is 5.75 Å². The molecule has 1 aliphatic heterocycles. The highest BCUT2D eigenvalue weighted by Gasteiger charge is 2.28. The van der Waals surface area contributed by atoms with E-state index < -0.39 is 10.0 Å². The first-order chi connectivity index (χ1) is 15.4. The molecule has 0 aliphatic carbocycles. The molecule has 0 unspecified atom stereocenters. The molecule has 1 aliphatic rings. The van der Waals surface area contributed by atoms with Crippen molar-refractivity contribution in [2.45, 2.75) is 24.4 Å². The molecule has 3 aromatic rings. The summed E-state index contributed by atoms with van der Waals surface area (Å²) in [4.78, 5) is 16.1. The lowest BCUT2D eigenvalue weighted by Crippen LogP contribution is -2.35. The fraction of sp³-hybridized carbons (Fsp3) is 0.217. The molecule has 2 aromatic carbocycles. The van der Waals surface area contributed by atoms with Crippen molar-refractivity contribution < 1.29 is 17.9 Å². The van der Waals surface area contributed by atoms with E-state index in [2.05, 4.69) is 10.3 Å². The summed E-state index contributed by atoms with van der Waals surface area (Å²) in [7, 11) is -3.71. The molecule has 0 spiro atoms. The minimum absolute atomic E-state index is 0.0939. The van der Waals surface area contributed by atoms with Crippen molar-refractivity contribution in [3.63, 3.8) is 0 Å². The molecule has 4 rings (SSSR count). The first kappa shape index (κ1) is 22.3. The van der Waals surface area contributed by atoms with Gasteiger partial charge >= 0.3 is 0 Å². The molecule has 9 heteroatoms. The average molecular weight is 472 g/mol. The van der Waals surface area contributed by atoms with Crippen LogP contribution in [0.15, 0.2) is 71.9 Å². The average Bonchev–Trinajstić information content (AvgIpc) is 2.82. The highest BCUT2D eigenvalue weighted by molar-refractivity contribution is 7.89. The Morgan fingerprint density at radius 1 is 1.09 bits per heavy atom. The molecular formula is C23H22ClN3O4S. The maximum absolute atomic E-state index is 13.1. The number of nitrogens with one attached hydrogen (secondary N) is 1. The van der Waals surface area contributed by atoms with Crippen LogP contribution in [0, 0.1) is 0 Å². The first-order valence-corrected chi connectivity index (χ1v) is 11.9. The standard InChI is InChI=1S/C23H22ClN3O4S/c24-21-13-20(32(29,30)27-12-9-18-3-1-2-4-19(18)15-27)5-6-22(21)31-16-23(28)26-14-17-7-10-25-11-8-17/h1-8,10-11,13H,9,12,14-16H2,(H,26,28). The molecule has 166 valence electrons. The van der Waals surface area contributed by atoms with E-state index in [9.17, 15) is 13.2 Å². The fourth-order valence-corrected chi connectivity index (χ4v) is 5.22. The van der Waals surface area contributed by atoms with Gasteiger partial charge in [-0.05, 0) is 53.4 Å². The second kappa shape index (κ2) is 9.68. The number of rotatable bonds is 7. The predicted molar refractivity (Wildman–Crippen MR) is 121 cm³/mol. The lowest BCUT2D eigenvalue weighted by Gasteiger charge is -2.28. The fourth-order valence-electron chi connectivity index (χ4n) is 3.48. The normalized spacial score (nSPS) is 13.9. The Morgan fingerprint density at radius 2 is 1.84 bits per heavy atom. The molecule has 1 N–H and O–H groups in total. The molecule has 32 heavy (non-hydrogen) atoms. The molecule has 0 fully saturated rings. The Balaban J connectivity index is 1.38. The van der Waals surface area contributed by atoms with Gasteiger partial charge in [0.15, 0.2) is 6.61 Å². The van der Waals surface area contributed by atoms with Crippen LogP contribution in [0.5, 0.6) is 5.75 Å². The van der Waals surface area contributed by atoms with E-state index in [-0.39, 0.29) is 28.2 Å². The summed E-state index contributed by atoms with van der Waals surface area (Å²) >= 11 is 6.27. The van der Waals surface area contributed by atoms with E-state index >= 15 is 0 Å². The van der Waals surface area contributed by atoms with Crippen molar-refractivity contribution in [3.8, 4) is 5.75 Å². The second-order valence-electron chi connectivity index (χ2n) is 7.37. The smallest absolute Gasteiger partial charge is 0.258 e. The van der Waals surface area contributed by atoms with Crippen molar-refractivity contribution in [1.82, 2.24) is 14.6 Å². The highest BCUT2D eigenvalue weighted by Crippen LogP contribution is 2.30. The van der Waals surface area contributed by atoms with Gasteiger partial charge in [-0.1, -0.05) is 35.9 Å². The summed E-state index contributed by atoms with van der Waals surface area (Å²) in [5, 5.41) is 2.87. The Labute approximate surface area is 192 Å². The van der Waals surface area contributed by atoms with Gasteiger partial charge in [0.25, 0.3) is 5.91 Å². The van der Waals surface area contributed by atoms with Crippen LogP contribution in [0.2, 0.25) is 5.02 Å². The van der Waals surface area contributed by atoms with Crippen LogP contribution in [0.4, 0.5) is 0 Å². The van der Waals surface area contributed by atoms with Crippen molar-refractivity contribution in [2.24, 2.45) is 0 Å². The molecule has 7 nitrogen and oxygen atoms in total. The summed E-state index contributed by atoms with van der Waals surface area (Å²) in [6, 6.07) is 15.7. The van der Waals surface area contributed by atoms with Gasteiger partial charge < -0.3 is 10.1 Å². The lowest BCUT2D eigenvalue weighted by atomic mass is 10.0. The van der Waals surface area contributed by atoms with E-state index in [0.29, 0.717) is 26.1 Å². The Kier molecular flexibility index (Phi) is 6.74. The van der Waals surface area contributed by atoms with Gasteiger partial charge in [-0.25, -0.2) is 8.42 Å². The van der Waals surface area contributed by atoms with Gasteiger partial charge in [-0.15, -0.1) is 0 Å². The van der Waals surface area contributed by atoms with Crippen LogP contribution in [0.25, 0.3) is 0 Å². The van der Waals surface area contributed by atoms with E-state index in [1.165, 1.54) is 28.1 Å². The quantitative estimate of drug-likeness (QED) is 0.571. The Hall–Kier alpha value is -2.94. The van der Waals surface area contributed by atoms with Gasteiger partial charge in [-0.3, -0.25) is 9.78 Å². The number of fused-ring (bicyclic) bond motifs is 1. The number of hydrogen-bond donors (Lipinski definition) is 1. The highest BCUT2D eigenvalue weighted by atomic mass is 35.5. The zero-order valence-electron chi connectivity index (χ0n) is 17.2. The molecule has 0 radical (unpaired) electrons. The summed E-state index contributed by atoms with van der Waals surface area (Å²) < 4.78 is 33.1. The van der Waals surface area contributed by atoms with Crippen molar-refractivity contribution in [3.05, 3.63) is 88.7 Å². The number of pyridine rings is 1. The monoisotopic (exact) mass is 471 g/mol. The number of carbonyl (C=O) groups is 1. The van der Waals surface area contributed by atoms with E-state index in [1.807, 2.05) is 24.3 Å². The van der Waals surface area contributed by atoms with Gasteiger partial charge in [0.2, 0.25) is 10.0 Å². The molecule has 2 heterocycles. The number of carbonyl (C=O) groups excluding carboxylic acids is 1. The first-order valence-electron chi connectivity index (χ1n) is 10.1. The molecule has 1 amide bonds. The summed E-state index contributed by atoms with van der Waals surface area (Å²) in [5.74, 6) is -0.0739. The number of sulfonamides is 1. The molecule has 0 saturated carbocycles. The topological polar surface area (TPSA) is 88.6 Å². The molecule has 0 atom stereocenters. The van der Waals surface area contributed by atoms with Crippen LogP contribution >= 0.6 is 11.6 Å². The molecule has 1 aromatic heterocycles. The van der Waals surface area contributed by atoms with E-state index in [0.717, 1.165) is 11.1 Å². The van der Waals surface area contributed by atoms with Crippen molar-refractivity contribution >= 4 is 27.5 Å². The van der Waals surface area contributed by atoms with Crippen LogP contribution in [0.1, 0.15) is 16.7 Å². The number of benzene rings is 2. The number of aromatic nitrogens is 1. The Bertz CT molecular complexity index is 1220. The zero-order chi connectivity index (χ0) is 22.6. The number of halogens is 1. The summed E-state index contributed by atoms with van der Waals surface area (Å²) in [5.41, 5.74) is 3.09. The third-order valence-electron chi connectivity index (χ3n) is 5.23. The minimum Gasteiger partial charge on any atom is -0.482 e. The van der Waals surface area contributed by atoms with Crippen LogP contribution < -0.4 is 10.1 Å². The molecule has 0 bridgehead atoms. The number of nitrogens with zero attached hydrogens (tertiary/aromatic N) is 2. The van der Waals surface area contributed by atoms with Crippen molar-refractivity contribution in [1.29, 1.82) is 0 Å². The van der Waals surface area contributed by atoms with Crippen molar-refractivity contribution in [2.75, 3.05) is 13.2 Å².